The van der Waals surface area contributed by atoms with Gasteiger partial charge in [-0.15, -0.1) is 0 Å². The van der Waals surface area contributed by atoms with Crippen LogP contribution in [0.2, 0.25) is 0 Å². The van der Waals surface area contributed by atoms with Gasteiger partial charge in [0.25, 0.3) is 0 Å². The van der Waals surface area contributed by atoms with Crippen molar-refractivity contribution >= 4 is 11.9 Å². The molecule has 2 rings (SSSR count). The van der Waals surface area contributed by atoms with Crippen molar-refractivity contribution in [1.29, 1.82) is 0 Å². The van der Waals surface area contributed by atoms with Crippen molar-refractivity contribution in [3.63, 3.8) is 0 Å². The van der Waals surface area contributed by atoms with Gasteiger partial charge in [0.2, 0.25) is 5.91 Å². The molecule has 6 heteroatoms. The van der Waals surface area contributed by atoms with E-state index in [0.29, 0.717) is 18.9 Å². The minimum atomic E-state index is -0.620. The molecule has 0 spiro atoms. The number of amides is 1. The van der Waals surface area contributed by atoms with Gasteiger partial charge in [-0.2, -0.15) is 0 Å². The zero-order valence-corrected chi connectivity index (χ0v) is 12.8. The molecule has 3 N–H and O–H groups in total. The topological polar surface area (TPSA) is 90.6 Å². The predicted molar refractivity (Wildman–Crippen MR) is 81.4 cm³/mol. The Morgan fingerprint density at radius 2 is 1.95 bits per heavy atom. The molecule has 1 aromatic rings. The average molecular weight is 306 g/mol. The van der Waals surface area contributed by atoms with Crippen LogP contribution in [-0.4, -0.2) is 37.2 Å². The van der Waals surface area contributed by atoms with Crippen LogP contribution in [0.4, 0.5) is 0 Å². The third-order valence-electron chi connectivity index (χ3n) is 3.53. The summed E-state index contributed by atoms with van der Waals surface area (Å²) in [5, 5.41) is 2.85. The highest BCUT2D eigenvalue weighted by Gasteiger charge is 2.45. The molecule has 0 heterocycles. The lowest BCUT2D eigenvalue weighted by atomic mass is 10.1. The second kappa shape index (κ2) is 7.26. The maximum atomic E-state index is 11.7. The molecule has 0 radical (unpaired) electrons. The van der Waals surface area contributed by atoms with Gasteiger partial charge in [-0.3, -0.25) is 4.79 Å². The molecule has 1 amide bonds. The van der Waals surface area contributed by atoms with Gasteiger partial charge in [0, 0.05) is 6.54 Å². The number of esters is 1. The van der Waals surface area contributed by atoms with Crippen LogP contribution in [-0.2, 0) is 20.7 Å². The van der Waals surface area contributed by atoms with Crippen molar-refractivity contribution in [2.24, 2.45) is 5.73 Å². The Morgan fingerprint density at radius 3 is 2.55 bits per heavy atom. The molecule has 1 aromatic carbocycles. The minimum Gasteiger partial charge on any atom is -0.482 e. The lowest BCUT2D eigenvalue weighted by Gasteiger charge is -2.10. The van der Waals surface area contributed by atoms with Crippen LogP contribution in [0.5, 0.6) is 5.75 Å². The third-order valence-corrected chi connectivity index (χ3v) is 3.53. The van der Waals surface area contributed by atoms with Gasteiger partial charge in [-0.25, -0.2) is 4.79 Å². The molecule has 0 bridgehead atoms. The third kappa shape index (κ3) is 4.73. The SMILES string of the molecule is CCOC(=O)COc1ccc(CCNC(=O)C2(N)CC2)cc1. The van der Waals surface area contributed by atoms with Crippen LogP contribution in [0.1, 0.15) is 25.3 Å². The van der Waals surface area contributed by atoms with E-state index in [1.165, 1.54) is 0 Å². The highest BCUT2D eigenvalue weighted by Crippen LogP contribution is 2.31. The number of carbonyl (C=O) groups is 2. The molecule has 1 fully saturated rings. The maximum absolute atomic E-state index is 11.7. The summed E-state index contributed by atoms with van der Waals surface area (Å²) < 4.78 is 10.1. The first-order valence-electron chi connectivity index (χ1n) is 7.48. The van der Waals surface area contributed by atoms with Crippen LogP contribution in [0.3, 0.4) is 0 Å². The molecule has 0 saturated heterocycles. The maximum Gasteiger partial charge on any atom is 0.344 e. The van der Waals surface area contributed by atoms with Crippen LogP contribution >= 0.6 is 0 Å². The molecule has 1 aliphatic rings. The van der Waals surface area contributed by atoms with Crippen LogP contribution < -0.4 is 15.8 Å². The van der Waals surface area contributed by atoms with Crippen LogP contribution in [0, 0.1) is 0 Å². The normalized spacial score (nSPS) is 15.0. The van der Waals surface area contributed by atoms with Crippen molar-refractivity contribution in [2.75, 3.05) is 19.8 Å². The molecule has 0 unspecified atom stereocenters. The highest BCUT2D eigenvalue weighted by atomic mass is 16.6. The Morgan fingerprint density at radius 1 is 1.27 bits per heavy atom. The van der Waals surface area contributed by atoms with E-state index in [1.807, 2.05) is 12.1 Å². The first kappa shape index (κ1) is 16.3. The van der Waals surface area contributed by atoms with Crippen LogP contribution in [0.25, 0.3) is 0 Å². The summed E-state index contributed by atoms with van der Waals surface area (Å²) in [5.41, 5.74) is 6.26. The molecule has 120 valence electrons. The number of carbonyl (C=O) groups excluding carboxylic acids is 2. The number of nitrogens with two attached hydrogens (primary N) is 1. The van der Waals surface area contributed by atoms with Gasteiger partial charge in [-0.05, 0) is 43.9 Å². The Bertz CT molecular complexity index is 523. The second-order valence-electron chi connectivity index (χ2n) is 5.40. The van der Waals surface area contributed by atoms with E-state index in [4.69, 9.17) is 15.2 Å². The van der Waals surface area contributed by atoms with Crippen molar-refractivity contribution in [1.82, 2.24) is 5.32 Å². The highest BCUT2D eigenvalue weighted by molar-refractivity contribution is 5.88. The standard InChI is InChI=1S/C16H22N2O4/c1-2-21-14(19)11-22-13-5-3-12(4-6-13)7-10-18-15(20)16(17)8-9-16/h3-6H,2,7-11,17H2,1H3,(H,18,20). The summed E-state index contributed by atoms with van der Waals surface area (Å²) in [6, 6.07) is 7.40. The Labute approximate surface area is 130 Å². The van der Waals surface area contributed by atoms with Gasteiger partial charge in [0.05, 0.1) is 12.1 Å². The fourth-order valence-electron chi connectivity index (χ4n) is 1.96. The van der Waals surface area contributed by atoms with E-state index in [0.717, 1.165) is 24.8 Å². The van der Waals surface area contributed by atoms with E-state index < -0.39 is 5.54 Å². The van der Waals surface area contributed by atoms with Gasteiger partial charge >= 0.3 is 5.97 Å². The monoisotopic (exact) mass is 306 g/mol. The Kier molecular flexibility index (Phi) is 5.38. The molecular weight excluding hydrogens is 284 g/mol. The van der Waals surface area contributed by atoms with Crippen molar-refractivity contribution in [2.45, 2.75) is 31.7 Å². The van der Waals surface area contributed by atoms with E-state index in [-0.39, 0.29) is 18.5 Å². The van der Waals surface area contributed by atoms with Crippen LogP contribution in [0.15, 0.2) is 24.3 Å². The number of ether oxygens (including phenoxy) is 2. The van der Waals surface area contributed by atoms with E-state index >= 15 is 0 Å². The molecule has 0 atom stereocenters. The van der Waals surface area contributed by atoms with Gasteiger partial charge in [-0.1, -0.05) is 12.1 Å². The number of benzene rings is 1. The number of nitrogens with one attached hydrogen (secondary N) is 1. The summed E-state index contributed by atoms with van der Waals surface area (Å²) in [6.45, 7) is 2.56. The second-order valence-corrected chi connectivity index (χ2v) is 5.40. The Hall–Kier alpha value is -2.08. The lowest BCUT2D eigenvalue weighted by Crippen LogP contribution is -2.43. The summed E-state index contributed by atoms with van der Waals surface area (Å²) in [5.74, 6) is 0.159. The molecule has 1 saturated carbocycles. The van der Waals surface area contributed by atoms with Crippen molar-refractivity contribution in [3.05, 3.63) is 29.8 Å². The fraction of sp³-hybridized carbons (Fsp3) is 0.500. The van der Waals surface area contributed by atoms with Gasteiger partial charge in [0.15, 0.2) is 6.61 Å². The van der Waals surface area contributed by atoms with Crippen molar-refractivity contribution < 1.29 is 19.1 Å². The molecule has 0 aromatic heterocycles. The van der Waals surface area contributed by atoms with Gasteiger partial charge in [0.1, 0.15) is 5.75 Å². The quantitative estimate of drug-likeness (QED) is 0.693. The summed E-state index contributed by atoms with van der Waals surface area (Å²) in [7, 11) is 0. The van der Waals surface area contributed by atoms with E-state index in [2.05, 4.69) is 5.32 Å². The fourth-order valence-corrected chi connectivity index (χ4v) is 1.96. The zero-order valence-electron chi connectivity index (χ0n) is 12.8. The molecule has 22 heavy (non-hydrogen) atoms. The lowest BCUT2D eigenvalue weighted by molar-refractivity contribution is -0.145. The van der Waals surface area contributed by atoms with E-state index in [1.54, 1.807) is 19.1 Å². The number of hydrogen-bond donors (Lipinski definition) is 2. The number of rotatable bonds is 8. The molecule has 6 nitrogen and oxygen atoms in total. The van der Waals surface area contributed by atoms with Gasteiger partial charge < -0.3 is 20.5 Å². The zero-order chi connectivity index (χ0) is 16.0. The van der Waals surface area contributed by atoms with Crippen molar-refractivity contribution in [3.8, 4) is 5.75 Å². The smallest absolute Gasteiger partial charge is 0.344 e. The largest absolute Gasteiger partial charge is 0.482 e. The minimum absolute atomic E-state index is 0.0677. The predicted octanol–water partition coefficient (Wildman–Crippen LogP) is 0.778. The van der Waals surface area contributed by atoms with E-state index in [9.17, 15) is 9.59 Å². The summed E-state index contributed by atoms with van der Waals surface area (Å²) in [6.07, 6.45) is 2.26. The molecule has 1 aliphatic carbocycles. The summed E-state index contributed by atoms with van der Waals surface area (Å²) in [4.78, 5) is 22.9. The molecular formula is C16H22N2O4. The first-order valence-corrected chi connectivity index (χ1v) is 7.48. The first-order chi connectivity index (χ1) is 10.5. The summed E-state index contributed by atoms with van der Waals surface area (Å²) >= 11 is 0. The molecule has 0 aliphatic heterocycles. The average Bonchev–Trinajstić information content (AvgIpc) is 3.26. The Balaban J connectivity index is 1.70. The number of hydrogen-bond acceptors (Lipinski definition) is 5.